The smallest absolute Gasteiger partial charge is 0.111 e. The van der Waals surface area contributed by atoms with E-state index < -0.39 is 0 Å². The van der Waals surface area contributed by atoms with Crippen LogP contribution in [0, 0.1) is 0 Å². The van der Waals surface area contributed by atoms with Crippen LogP contribution in [0.15, 0.2) is 41.9 Å². The second-order valence-electron chi connectivity index (χ2n) is 4.17. The molecule has 0 aliphatic heterocycles. The van der Waals surface area contributed by atoms with Gasteiger partial charge in [0.05, 0.1) is 6.04 Å². The summed E-state index contributed by atoms with van der Waals surface area (Å²) >= 11 is 1.68. The van der Waals surface area contributed by atoms with Gasteiger partial charge >= 0.3 is 0 Å². The summed E-state index contributed by atoms with van der Waals surface area (Å²) in [5.74, 6) is 0. The monoisotopic (exact) mass is 261 g/mol. The van der Waals surface area contributed by atoms with Crippen molar-refractivity contribution in [2.75, 3.05) is 13.1 Å². The molecule has 2 N–H and O–H groups in total. The van der Waals surface area contributed by atoms with E-state index >= 15 is 0 Å². The lowest BCUT2D eigenvalue weighted by atomic mass is 10.1. The van der Waals surface area contributed by atoms with Gasteiger partial charge in [0.1, 0.15) is 5.01 Å². The van der Waals surface area contributed by atoms with Crippen molar-refractivity contribution < 1.29 is 0 Å². The Bertz CT molecular complexity index is 441. The molecule has 0 radical (unpaired) electrons. The van der Waals surface area contributed by atoms with Crippen LogP contribution in [0.4, 0.5) is 0 Å². The van der Waals surface area contributed by atoms with Crippen LogP contribution in [0.2, 0.25) is 0 Å². The van der Waals surface area contributed by atoms with E-state index in [4.69, 9.17) is 5.73 Å². The zero-order valence-electron chi connectivity index (χ0n) is 10.6. The normalized spacial score (nSPS) is 12.8. The van der Waals surface area contributed by atoms with E-state index in [-0.39, 0.29) is 6.04 Å². The average molecular weight is 261 g/mol. The van der Waals surface area contributed by atoms with Gasteiger partial charge in [-0.3, -0.25) is 4.90 Å². The number of aromatic nitrogens is 1. The Balaban J connectivity index is 2.12. The number of hydrogen-bond donors (Lipinski definition) is 1. The van der Waals surface area contributed by atoms with Gasteiger partial charge in [0.25, 0.3) is 0 Å². The number of hydrogen-bond acceptors (Lipinski definition) is 4. The Hall–Kier alpha value is -1.23. The summed E-state index contributed by atoms with van der Waals surface area (Å²) in [6, 6.07) is 10.7. The molecular formula is C14H19N3S. The van der Waals surface area contributed by atoms with E-state index in [0.717, 1.165) is 18.1 Å². The molecule has 3 nitrogen and oxygen atoms in total. The van der Waals surface area contributed by atoms with Crippen molar-refractivity contribution in [2.45, 2.75) is 19.5 Å². The lowest BCUT2D eigenvalue weighted by Crippen LogP contribution is -2.33. The zero-order valence-corrected chi connectivity index (χ0v) is 11.4. The highest BCUT2D eigenvalue weighted by Gasteiger charge is 2.19. The molecular weight excluding hydrogens is 242 g/mol. The molecule has 1 atom stereocenters. The molecule has 1 aromatic carbocycles. The van der Waals surface area contributed by atoms with Crippen molar-refractivity contribution in [3.8, 4) is 0 Å². The molecule has 18 heavy (non-hydrogen) atoms. The van der Waals surface area contributed by atoms with Gasteiger partial charge < -0.3 is 5.73 Å². The first-order valence-corrected chi connectivity index (χ1v) is 7.10. The maximum Gasteiger partial charge on any atom is 0.111 e. The predicted molar refractivity (Wildman–Crippen MR) is 76.4 cm³/mol. The molecule has 0 bridgehead atoms. The Morgan fingerprint density at radius 2 is 2.11 bits per heavy atom. The molecule has 1 unspecified atom stereocenters. The first-order valence-electron chi connectivity index (χ1n) is 6.22. The SMILES string of the molecule is CCN(Cc1ccccc1)C(CN)c1nccs1. The van der Waals surface area contributed by atoms with Gasteiger partial charge in [-0.15, -0.1) is 11.3 Å². The minimum atomic E-state index is 0.218. The molecule has 0 saturated heterocycles. The highest BCUT2D eigenvalue weighted by Crippen LogP contribution is 2.23. The van der Waals surface area contributed by atoms with Crippen LogP contribution in [-0.4, -0.2) is 23.0 Å². The number of likely N-dealkylation sites (N-methyl/N-ethyl adjacent to an activating group) is 1. The Labute approximate surface area is 112 Å². The highest BCUT2D eigenvalue weighted by molar-refractivity contribution is 7.09. The van der Waals surface area contributed by atoms with Crippen LogP contribution in [0.5, 0.6) is 0 Å². The Morgan fingerprint density at radius 3 is 2.67 bits per heavy atom. The summed E-state index contributed by atoms with van der Waals surface area (Å²) in [6.07, 6.45) is 1.85. The number of benzene rings is 1. The summed E-state index contributed by atoms with van der Waals surface area (Å²) in [5, 5.41) is 3.12. The molecule has 4 heteroatoms. The van der Waals surface area contributed by atoms with Crippen LogP contribution in [0.3, 0.4) is 0 Å². The predicted octanol–water partition coefficient (Wildman–Crippen LogP) is 2.67. The largest absolute Gasteiger partial charge is 0.329 e. The van der Waals surface area contributed by atoms with Crippen molar-refractivity contribution in [1.29, 1.82) is 0 Å². The van der Waals surface area contributed by atoms with Crippen molar-refractivity contribution in [3.05, 3.63) is 52.5 Å². The van der Waals surface area contributed by atoms with Gasteiger partial charge in [0.15, 0.2) is 0 Å². The number of thiazole rings is 1. The fraction of sp³-hybridized carbons (Fsp3) is 0.357. The lowest BCUT2D eigenvalue weighted by molar-refractivity contribution is 0.203. The standard InChI is InChI=1S/C14H19N3S/c1-2-17(11-12-6-4-3-5-7-12)13(10-15)14-16-8-9-18-14/h3-9,13H,2,10-11,15H2,1H3. The van der Waals surface area contributed by atoms with E-state index in [1.807, 2.05) is 17.6 Å². The Kier molecular flexibility index (Phi) is 4.87. The second kappa shape index (κ2) is 6.64. The van der Waals surface area contributed by atoms with Gasteiger partial charge in [-0.1, -0.05) is 37.3 Å². The first kappa shape index (κ1) is 13.2. The summed E-state index contributed by atoms with van der Waals surface area (Å²) in [5.41, 5.74) is 7.23. The molecule has 96 valence electrons. The third-order valence-electron chi connectivity index (χ3n) is 3.04. The third-order valence-corrected chi connectivity index (χ3v) is 3.91. The van der Waals surface area contributed by atoms with E-state index in [9.17, 15) is 0 Å². The molecule has 2 rings (SSSR count). The summed E-state index contributed by atoms with van der Waals surface area (Å²) in [7, 11) is 0. The number of rotatable bonds is 6. The molecule has 2 aromatic rings. The van der Waals surface area contributed by atoms with E-state index in [2.05, 4.69) is 41.1 Å². The maximum atomic E-state index is 5.92. The second-order valence-corrected chi connectivity index (χ2v) is 5.10. The minimum absolute atomic E-state index is 0.218. The van der Waals surface area contributed by atoms with Crippen molar-refractivity contribution in [3.63, 3.8) is 0 Å². The van der Waals surface area contributed by atoms with Crippen molar-refractivity contribution in [1.82, 2.24) is 9.88 Å². The van der Waals surface area contributed by atoms with Crippen molar-refractivity contribution >= 4 is 11.3 Å². The fourth-order valence-electron chi connectivity index (χ4n) is 2.07. The maximum absolute atomic E-state index is 5.92. The van der Waals surface area contributed by atoms with E-state index in [1.165, 1.54) is 5.56 Å². The third kappa shape index (κ3) is 3.16. The molecule has 1 aromatic heterocycles. The Morgan fingerprint density at radius 1 is 1.33 bits per heavy atom. The first-order chi connectivity index (χ1) is 8.85. The van der Waals surface area contributed by atoms with E-state index in [0.29, 0.717) is 6.54 Å². The minimum Gasteiger partial charge on any atom is -0.329 e. The fourth-order valence-corrected chi connectivity index (χ4v) is 2.85. The lowest BCUT2D eigenvalue weighted by Gasteiger charge is -2.28. The van der Waals surface area contributed by atoms with Crippen LogP contribution in [0.1, 0.15) is 23.5 Å². The van der Waals surface area contributed by atoms with Gasteiger partial charge in [0, 0.05) is 24.7 Å². The molecule has 0 saturated carbocycles. The molecule has 0 spiro atoms. The quantitative estimate of drug-likeness (QED) is 0.869. The number of nitrogens with two attached hydrogens (primary N) is 1. The van der Waals surface area contributed by atoms with Crippen molar-refractivity contribution in [2.24, 2.45) is 5.73 Å². The number of nitrogens with zero attached hydrogens (tertiary/aromatic N) is 2. The zero-order chi connectivity index (χ0) is 12.8. The molecule has 0 aliphatic carbocycles. The molecule has 0 fully saturated rings. The molecule has 0 amide bonds. The molecule has 0 aliphatic rings. The topological polar surface area (TPSA) is 42.1 Å². The average Bonchev–Trinajstić information content (AvgIpc) is 2.93. The van der Waals surface area contributed by atoms with Crippen LogP contribution in [-0.2, 0) is 6.54 Å². The summed E-state index contributed by atoms with van der Waals surface area (Å²) in [6.45, 7) is 4.66. The van der Waals surface area contributed by atoms with Gasteiger partial charge in [-0.25, -0.2) is 4.98 Å². The summed E-state index contributed by atoms with van der Waals surface area (Å²) in [4.78, 5) is 6.76. The highest BCUT2D eigenvalue weighted by atomic mass is 32.1. The summed E-state index contributed by atoms with van der Waals surface area (Å²) < 4.78 is 0. The van der Waals surface area contributed by atoms with Gasteiger partial charge in [0.2, 0.25) is 0 Å². The van der Waals surface area contributed by atoms with Crippen LogP contribution < -0.4 is 5.73 Å². The molecule has 1 heterocycles. The van der Waals surface area contributed by atoms with E-state index in [1.54, 1.807) is 11.3 Å². The van der Waals surface area contributed by atoms with Gasteiger partial charge in [-0.2, -0.15) is 0 Å². The van der Waals surface area contributed by atoms with Crippen LogP contribution >= 0.6 is 11.3 Å². The van der Waals surface area contributed by atoms with Crippen LogP contribution in [0.25, 0.3) is 0 Å². The van der Waals surface area contributed by atoms with Gasteiger partial charge in [-0.05, 0) is 12.1 Å².